The van der Waals surface area contributed by atoms with Crippen LogP contribution in [0, 0.1) is 0 Å². The van der Waals surface area contributed by atoms with Gasteiger partial charge in [-0.25, -0.2) is 0 Å². The molecular formula is C13H13N5O3. The molecule has 3 rings (SSSR count). The first-order valence-corrected chi connectivity index (χ1v) is 6.32. The van der Waals surface area contributed by atoms with Crippen molar-refractivity contribution >= 4 is 23.5 Å². The number of aromatic nitrogens is 3. The van der Waals surface area contributed by atoms with E-state index in [0.717, 1.165) is 4.68 Å². The average molecular weight is 287 g/mol. The highest BCUT2D eigenvalue weighted by Crippen LogP contribution is 2.18. The lowest BCUT2D eigenvalue weighted by atomic mass is 10.1. The summed E-state index contributed by atoms with van der Waals surface area (Å²) in [5.74, 6) is 0.409. The molecule has 0 radical (unpaired) electrons. The van der Waals surface area contributed by atoms with E-state index in [1.807, 2.05) is 0 Å². The summed E-state index contributed by atoms with van der Waals surface area (Å²) in [4.78, 5) is 27.9. The number of carbonyl (C=O) groups is 2. The zero-order valence-electron chi connectivity index (χ0n) is 11.2. The van der Waals surface area contributed by atoms with Crippen LogP contribution in [0.5, 0.6) is 5.75 Å². The summed E-state index contributed by atoms with van der Waals surface area (Å²) in [6.45, 7) is 0. The van der Waals surface area contributed by atoms with Crippen LogP contribution in [-0.2, 0) is 4.79 Å². The predicted molar refractivity (Wildman–Crippen MR) is 74.3 cm³/mol. The minimum absolute atomic E-state index is 0.0261. The first kappa shape index (κ1) is 13.1. The summed E-state index contributed by atoms with van der Waals surface area (Å²) >= 11 is 0. The number of anilines is 2. The van der Waals surface area contributed by atoms with Crippen LogP contribution in [0.4, 0.5) is 11.6 Å². The summed E-state index contributed by atoms with van der Waals surface area (Å²) in [5.41, 5.74) is 0.627. The van der Waals surface area contributed by atoms with Crippen LogP contribution in [0.25, 0.3) is 0 Å². The minimum atomic E-state index is -0.670. The van der Waals surface area contributed by atoms with Gasteiger partial charge < -0.3 is 15.4 Å². The summed E-state index contributed by atoms with van der Waals surface area (Å²) in [6, 6.07) is 6.27. The highest BCUT2D eigenvalue weighted by Gasteiger charge is 2.30. The monoisotopic (exact) mass is 287 g/mol. The lowest BCUT2D eigenvalue weighted by Crippen LogP contribution is -2.42. The first-order valence-electron chi connectivity index (χ1n) is 6.32. The van der Waals surface area contributed by atoms with E-state index in [4.69, 9.17) is 4.74 Å². The van der Waals surface area contributed by atoms with Gasteiger partial charge in [-0.15, -0.1) is 0 Å². The third kappa shape index (κ3) is 2.55. The summed E-state index contributed by atoms with van der Waals surface area (Å²) in [5, 5.41) is 9.40. The van der Waals surface area contributed by atoms with Gasteiger partial charge >= 0.3 is 0 Å². The molecule has 0 unspecified atom stereocenters. The van der Waals surface area contributed by atoms with Crippen LogP contribution < -0.4 is 15.4 Å². The molecule has 1 amide bonds. The molecular weight excluding hydrogens is 274 g/mol. The Morgan fingerprint density at radius 3 is 2.90 bits per heavy atom. The number of nitrogens with zero attached hydrogens (tertiary/aromatic N) is 3. The normalized spacial score (nSPS) is 16.8. The third-order valence-corrected chi connectivity index (χ3v) is 3.14. The molecule has 0 saturated carbocycles. The van der Waals surface area contributed by atoms with Gasteiger partial charge in [0.2, 0.25) is 11.9 Å². The Morgan fingerprint density at radius 1 is 1.43 bits per heavy atom. The topological polar surface area (TPSA) is 98.1 Å². The highest BCUT2D eigenvalue weighted by atomic mass is 16.5. The SMILES string of the molecule is COc1ccc(NC(=O)[C@@H]2CC(=O)n3ncnc3N2)cc1. The van der Waals surface area contributed by atoms with E-state index in [1.165, 1.54) is 6.33 Å². The van der Waals surface area contributed by atoms with Gasteiger partial charge in [0.25, 0.3) is 5.91 Å². The number of ether oxygens (including phenoxy) is 1. The molecule has 0 spiro atoms. The molecule has 0 bridgehead atoms. The fraction of sp³-hybridized carbons (Fsp3) is 0.231. The summed E-state index contributed by atoms with van der Waals surface area (Å²) in [6.07, 6.45) is 1.29. The second kappa shape index (κ2) is 5.23. The van der Waals surface area contributed by atoms with Gasteiger partial charge in [0, 0.05) is 5.69 Å². The predicted octanol–water partition coefficient (Wildman–Crippen LogP) is 0.750. The molecule has 2 heterocycles. The fourth-order valence-corrected chi connectivity index (χ4v) is 2.05. The van der Waals surface area contributed by atoms with Crippen LogP contribution in [0.1, 0.15) is 11.2 Å². The van der Waals surface area contributed by atoms with Gasteiger partial charge in [0.1, 0.15) is 18.1 Å². The number of methoxy groups -OCH3 is 1. The van der Waals surface area contributed by atoms with E-state index in [1.54, 1.807) is 31.4 Å². The molecule has 21 heavy (non-hydrogen) atoms. The van der Waals surface area contributed by atoms with E-state index in [-0.39, 0.29) is 24.2 Å². The van der Waals surface area contributed by atoms with Crippen LogP contribution in [-0.4, -0.2) is 39.7 Å². The number of hydrogen-bond acceptors (Lipinski definition) is 6. The van der Waals surface area contributed by atoms with Gasteiger partial charge in [0.15, 0.2) is 0 Å². The second-order valence-corrected chi connectivity index (χ2v) is 4.51. The van der Waals surface area contributed by atoms with Gasteiger partial charge in [0.05, 0.1) is 13.5 Å². The summed E-state index contributed by atoms with van der Waals surface area (Å²) in [7, 11) is 1.57. The van der Waals surface area contributed by atoms with Crippen molar-refractivity contribution in [3.05, 3.63) is 30.6 Å². The Morgan fingerprint density at radius 2 is 2.19 bits per heavy atom. The molecule has 1 aliphatic heterocycles. The van der Waals surface area contributed by atoms with Crippen molar-refractivity contribution in [2.75, 3.05) is 17.7 Å². The van der Waals surface area contributed by atoms with Crippen molar-refractivity contribution in [3.8, 4) is 5.75 Å². The molecule has 108 valence electrons. The van der Waals surface area contributed by atoms with Crippen molar-refractivity contribution in [1.29, 1.82) is 0 Å². The molecule has 2 aromatic rings. The van der Waals surface area contributed by atoms with Crippen LogP contribution >= 0.6 is 0 Å². The van der Waals surface area contributed by atoms with Gasteiger partial charge in [-0.1, -0.05) is 0 Å². The van der Waals surface area contributed by atoms with E-state index in [0.29, 0.717) is 11.4 Å². The molecule has 1 aliphatic rings. The largest absolute Gasteiger partial charge is 0.497 e. The van der Waals surface area contributed by atoms with E-state index in [2.05, 4.69) is 20.7 Å². The number of fused-ring (bicyclic) bond motifs is 1. The maximum Gasteiger partial charge on any atom is 0.252 e. The maximum atomic E-state index is 12.2. The molecule has 0 saturated heterocycles. The number of carbonyl (C=O) groups excluding carboxylic acids is 2. The van der Waals surface area contributed by atoms with Crippen molar-refractivity contribution < 1.29 is 14.3 Å². The van der Waals surface area contributed by atoms with Crippen LogP contribution in [0.3, 0.4) is 0 Å². The van der Waals surface area contributed by atoms with Crippen molar-refractivity contribution in [2.45, 2.75) is 12.5 Å². The fourth-order valence-electron chi connectivity index (χ4n) is 2.05. The quantitative estimate of drug-likeness (QED) is 0.864. The molecule has 8 nitrogen and oxygen atoms in total. The Balaban J connectivity index is 1.70. The Labute approximate surface area is 120 Å². The Kier molecular flexibility index (Phi) is 3.27. The number of rotatable bonds is 3. The smallest absolute Gasteiger partial charge is 0.252 e. The Bertz CT molecular complexity index is 679. The average Bonchev–Trinajstić information content (AvgIpc) is 2.97. The van der Waals surface area contributed by atoms with Crippen LogP contribution in [0.2, 0.25) is 0 Å². The molecule has 1 aromatic carbocycles. The minimum Gasteiger partial charge on any atom is -0.497 e. The van der Waals surface area contributed by atoms with E-state index in [9.17, 15) is 9.59 Å². The summed E-state index contributed by atoms with van der Waals surface area (Å²) < 4.78 is 6.20. The standard InChI is InChI=1S/C13H13N5O3/c1-21-9-4-2-8(3-5-9)16-12(20)10-6-11(19)18-13(17-10)14-7-15-18/h2-5,7,10H,6H2,1H3,(H,16,20)(H,14,15,17)/t10-/m0/s1. The molecule has 0 aliphatic carbocycles. The molecule has 0 fully saturated rings. The van der Waals surface area contributed by atoms with Crippen LogP contribution in [0.15, 0.2) is 30.6 Å². The number of benzene rings is 1. The van der Waals surface area contributed by atoms with Gasteiger partial charge in [-0.2, -0.15) is 14.8 Å². The molecule has 8 heteroatoms. The van der Waals surface area contributed by atoms with Crippen molar-refractivity contribution in [1.82, 2.24) is 14.8 Å². The molecule has 1 aromatic heterocycles. The lowest BCUT2D eigenvalue weighted by molar-refractivity contribution is -0.117. The first-order chi connectivity index (χ1) is 10.2. The van der Waals surface area contributed by atoms with Gasteiger partial charge in [-0.05, 0) is 24.3 Å². The Hall–Kier alpha value is -2.90. The number of nitrogens with one attached hydrogen (secondary N) is 2. The third-order valence-electron chi connectivity index (χ3n) is 3.14. The van der Waals surface area contributed by atoms with E-state index < -0.39 is 6.04 Å². The van der Waals surface area contributed by atoms with Gasteiger partial charge in [-0.3, -0.25) is 9.59 Å². The second-order valence-electron chi connectivity index (χ2n) is 4.51. The number of hydrogen-bond donors (Lipinski definition) is 2. The van der Waals surface area contributed by atoms with Crippen molar-refractivity contribution in [2.24, 2.45) is 0 Å². The highest BCUT2D eigenvalue weighted by molar-refractivity contribution is 6.01. The lowest BCUT2D eigenvalue weighted by Gasteiger charge is -2.22. The zero-order chi connectivity index (χ0) is 14.8. The molecule has 2 N–H and O–H groups in total. The molecule has 1 atom stereocenters. The maximum absolute atomic E-state index is 12.2. The van der Waals surface area contributed by atoms with Crippen molar-refractivity contribution in [3.63, 3.8) is 0 Å². The number of amides is 1. The van der Waals surface area contributed by atoms with E-state index >= 15 is 0 Å². The zero-order valence-corrected chi connectivity index (χ0v) is 11.2.